The molecule has 0 atom stereocenters. The van der Waals surface area contributed by atoms with E-state index in [1.54, 1.807) is 18.3 Å². The van der Waals surface area contributed by atoms with Crippen molar-refractivity contribution in [2.24, 2.45) is 0 Å². The SMILES string of the molecule is CC(C)(C)c1cc(C=O)cc(-c2ccc(C#N)cn2)c1. The molecule has 3 nitrogen and oxygen atoms in total. The van der Waals surface area contributed by atoms with Gasteiger partial charge in [-0.15, -0.1) is 0 Å². The summed E-state index contributed by atoms with van der Waals surface area (Å²) in [6.07, 6.45) is 2.39. The van der Waals surface area contributed by atoms with E-state index < -0.39 is 0 Å². The van der Waals surface area contributed by atoms with Crippen molar-refractivity contribution in [2.75, 3.05) is 0 Å². The van der Waals surface area contributed by atoms with E-state index in [2.05, 4.69) is 25.8 Å². The second-order valence-corrected chi connectivity index (χ2v) is 5.76. The summed E-state index contributed by atoms with van der Waals surface area (Å²) in [7, 11) is 0. The van der Waals surface area contributed by atoms with Crippen molar-refractivity contribution < 1.29 is 4.79 Å². The molecule has 0 fully saturated rings. The fourth-order valence-electron chi connectivity index (χ4n) is 1.93. The van der Waals surface area contributed by atoms with Crippen LogP contribution in [0.1, 0.15) is 42.3 Å². The highest BCUT2D eigenvalue weighted by molar-refractivity contribution is 5.79. The zero-order valence-corrected chi connectivity index (χ0v) is 11.8. The fourth-order valence-corrected chi connectivity index (χ4v) is 1.93. The first-order chi connectivity index (χ1) is 9.44. The molecule has 0 bridgehead atoms. The Morgan fingerprint density at radius 1 is 1.20 bits per heavy atom. The van der Waals surface area contributed by atoms with Gasteiger partial charge in [-0.05, 0) is 41.3 Å². The summed E-state index contributed by atoms with van der Waals surface area (Å²) in [6, 6.07) is 11.3. The average molecular weight is 264 g/mol. The summed E-state index contributed by atoms with van der Waals surface area (Å²) in [4.78, 5) is 15.4. The predicted molar refractivity (Wildman–Crippen MR) is 78.5 cm³/mol. The summed E-state index contributed by atoms with van der Waals surface area (Å²) in [5.74, 6) is 0. The predicted octanol–water partition coefficient (Wildman–Crippen LogP) is 3.73. The van der Waals surface area contributed by atoms with Crippen LogP contribution in [0.25, 0.3) is 11.3 Å². The first-order valence-electron chi connectivity index (χ1n) is 6.41. The van der Waals surface area contributed by atoms with Crippen molar-refractivity contribution in [2.45, 2.75) is 26.2 Å². The van der Waals surface area contributed by atoms with Crippen LogP contribution < -0.4 is 0 Å². The molecule has 0 unspecified atom stereocenters. The van der Waals surface area contributed by atoms with Crippen LogP contribution in [0.2, 0.25) is 0 Å². The molecule has 0 aliphatic rings. The molecular weight excluding hydrogens is 248 g/mol. The van der Waals surface area contributed by atoms with E-state index in [0.717, 1.165) is 23.1 Å². The minimum Gasteiger partial charge on any atom is -0.298 e. The highest BCUT2D eigenvalue weighted by Crippen LogP contribution is 2.28. The second-order valence-electron chi connectivity index (χ2n) is 5.76. The van der Waals surface area contributed by atoms with Gasteiger partial charge in [0.15, 0.2) is 0 Å². The molecule has 20 heavy (non-hydrogen) atoms. The smallest absolute Gasteiger partial charge is 0.150 e. The number of hydrogen-bond acceptors (Lipinski definition) is 3. The number of hydrogen-bond donors (Lipinski definition) is 0. The Morgan fingerprint density at radius 2 is 1.95 bits per heavy atom. The molecule has 0 aliphatic heterocycles. The second kappa shape index (κ2) is 5.26. The van der Waals surface area contributed by atoms with Gasteiger partial charge in [0.1, 0.15) is 12.4 Å². The van der Waals surface area contributed by atoms with Crippen LogP contribution in [0.3, 0.4) is 0 Å². The Balaban J connectivity index is 2.55. The van der Waals surface area contributed by atoms with Gasteiger partial charge >= 0.3 is 0 Å². The third-order valence-electron chi connectivity index (χ3n) is 3.15. The topological polar surface area (TPSA) is 53.8 Å². The standard InChI is InChI=1S/C17H16N2O/c1-17(2,3)15-7-13(11-20)6-14(8-15)16-5-4-12(9-18)10-19-16/h4-8,10-11H,1-3H3. The van der Waals surface area contributed by atoms with Crippen molar-refractivity contribution in [1.82, 2.24) is 4.98 Å². The summed E-state index contributed by atoms with van der Waals surface area (Å²) >= 11 is 0. The van der Waals surface area contributed by atoms with E-state index in [1.807, 2.05) is 24.3 Å². The summed E-state index contributed by atoms with van der Waals surface area (Å²) in [5.41, 5.74) is 3.86. The molecule has 0 spiro atoms. The Labute approximate surface area is 118 Å². The summed E-state index contributed by atoms with van der Waals surface area (Å²) in [5, 5.41) is 8.80. The quantitative estimate of drug-likeness (QED) is 0.776. The van der Waals surface area contributed by atoms with Gasteiger partial charge < -0.3 is 0 Å². The fraction of sp³-hybridized carbons (Fsp3) is 0.235. The molecule has 0 saturated heterocycles. The van der Waals surface area contributed by atoms with Crippen LogP contribution in [0.5, 0.6) is 0 Å². The average Bonchev–Trinajstić information content (AvgIpc) is 2.46. The van der Waals surface area contributed by atoms with Crippen molar-refractivity contribution in [1.29, 1.82) is 5.26 Å². The lowest BCUT2D eigenvalue weighted by Crippen LogP contribution is -2.11. The van der Waals surface area contributed by atoms with Crippen LogP contribution in [0.4, 0.5) is 0 Å². The van der Waals surface area contributed by atoms with E-state index >= 15 is 0 Å². The van der Waals surface area contributed by atoms with Crippen LogP contribution in [0, 0.1) is 11.3 Å². The molecule has 0 radical (unpaired) electrons. The molecule has 2 aromatic rings. The Bertz CT molecular complexity index is 674. The lowest BCUT2D eigenvalue weighted by Gasteiger charge is -2.20. The van der Waals surface area contributed by atoms with Crippen LogP contribution in [0.15, 0.2) is 36.5 Å². The van der Waals surface area contributed by atoms with Gasteiger partial charge in [0, 0.05) is 17.3 Å². The lowest BCUT2D eigenvalue weighted by atomic mass is 9.85. The van der Waals surface area contributed by atoms with Gasteiger partial charge in [-0.3, -0.25) is 9.78 Å². The number of rotatable bonds is 2. The minimum atomic E-state index is -0.0413. The monoisotopic (exact) mass is 264 g/mol. The van der Waals surface area contributed by atoms with Crippen molar-refractivity contribution in [3.63, 3.8) is 0 Å². The number of nitrogens with zero attached hydrogens (tertiary/aromatic N) is 2. The van der Waals surface area contributed by atoms with Gasteiger partial charge in [-0.2, -0.15) is 5.26 Å². The molecule has 100 valence electrons. The maximum absolute atomic E-state index is 11.1. The van der Waals surface area contributed by atoms with Gasteiger partial charge in [0.25, 0.3) is 0 Å². The number of aldehydes is 1. The zero-order chi connectivity index (χ0) is 14.8. The van der Waals surface area contributed by atoms with Gasteiger partial charge in [-0.25, -0.2) is 0 Å². The molecule has 3 heteroatoms. The maximum Gasteiger partial charge on any atom is 0.150 e. The molecule has 0 amide bonds. The van der Waals surface area contributed by atoms with Gasteiger partial charge in [0.2, 0.25) is 0 Å². The molecule has 0 N–H and O–H groups in total. The van der Waals surface area contributed by atoms with Crippen molar-refractivity contribution in [3.05, 3.63) is 53.2 Å². The number of pyridine rings is 1. The zero-order valence-electron chi connectivity index (χ0n) is 11.8. The van der Waals surface area contributed by atoms with E-state index in [0.29, 0.717) is 11.1 Å². The van der Waals surface area contributed by atoms with E-state index in [1.165, 1.54) is 0 Å². The molecule has 1 heterocycles. The molecule has 2 rings (SSSR count). The molecule has 1 aromatic heterocycles. The highest BCUT2D eigenvalue weighted by Gasteiger charge is 2.16. The van der Waals surface area contributed by atoms with Crippen molar-refractivity contribution in [3.8, 4) is 17.3 Å². The van der Waals surface area contributed by atoms with E-state index in [4.69, 9.17) is 5.26 Å². The number of nitriles is 1. The third-order valence-corrected chi connectivity index (χ3v) is 3.15. The Morgan fingerprint density at radius 3 is 2.45 bits per heavy atom. The first-order valence-corrected chi connectivity index (χ1v) is 6.41. The van der Waals surface area contributed by atoms with E-state index in [9.17, 15) is 4.79 Å². The summed E-state index contributed by atoms with van der Waals surface area (Å²) in [6.45, 7) is 6.31. The van der Waals surface area contributed by atoms with Gasteiger partial charge in [-0.1, -0.05) is 20.8 Å². The van der Waals surface area contributed by atoms with Crippen molar-refractivity contribution >= 4 is 6.29 Å². The molecule has 1 aromatic carbocycles. The van der Waals surface area contributed by atoms with Crippen LogP contribution >= 0.6 is 0 Å². The Kier molecular flexibility index (Phi) is 3.67. The molecular formula is C17H16N2O. The summed E-state index contributed by atoms with van der Waals surface area (Å²) < 4.78 is 0. The van der Waals surface area contributed by atoms with Crippen LogP contribution in [-0.4, -0.2) is 11.3 Å². The normalized spacial score (nSPS) is 10.9. The maximum atomic E-state index is 11.1. The first kappa shape index (κ1) is 14.0. The molecule has 0 saturated carbocycles. The molecule has 0 aliphatic carbocycles. The highest BCUT2D eigenvalue weighted by atomic mass is 16.1. The van der Waals surface area contributed by atoms with E-state index in [-0.39, 0.29) is 5.41 Å². The Hall–Kier alpha value is -2.47. The number of aromatic nitrogens is 1. The largest absolute Gasteiger partial charge is 0.298 e. The van der Waals surface area contributed by atoms with Gasteiger partial charge in [0.05, 0.1) is 11.3 Å². The number of benzene rings is 1. The minimum absolute atomic E-state index is 0.0413. The number of carbonyl (C=O) groups excluding carboxylic acids is 1. The lowest BCUT2D eigenvalue weighted by molar-refractivity contribution is 0.112. The van der Waals surface area contributed by atoms with Crippen LogP contribution in [-0.2, 0) is 5.41 Å². The number of carbonyl (C=O) groups is 1. The third kappa shape index (κ3) is 2.92.